The SMILES string of the molecule is O=C(CC1CCCCO1)Nc1cc(Cl)ccn1. The van der Waals surface area contributed by atoms with Gasteiger partial charge < -0.3 is 10.1 Å². The molecular formula is C12H15ClN2O2. The van der Waals surface area contributed by atoms with Gasteiger partial charge in [0.2, 0.25) is 5.91 Å². The predicted molar refractivity (Wildman–Crippen MR) is 66.1 cm³/mol. The maximum Gasteiger partial charge on any atom is 0.228 e. The molecule has 1 unspecified atom stereocenters. The topological polar surface area (TPSA) is 51.2 Å². The first kappa shape index (κ1) is 12.3. The summed E-state index contributed by atoms with van der Waals surface area (Å²) in [6.07, 6.45) is 5.17. The van der Waals surface area contributed by atoms with Crippen molar-refractivity contribution in [3.63, 3.8) is 0 Å². The maximum absolute atomic E-state index is 11.7. The van der Waals surface area contributed by atoms with E-state index < -0.39 is 0 Å². The van der Waals surface area contributed by atoms with Gasteiger partial charge in [0, 0.05) is 17.8 Å². The Morgan fingerprint density at radius 2 is 2.47 bits per heavy atom. The second-order valence-electron chi connectivity index (χ2n) is 4.10. The van der Waals surface area contributed by atoms with Crippen LogP contribution in [0.2, 0.25) is 5.02 Å². The van der Waals surface area contributed by atoms with E-state index in [0.717, 1.165) is 25.9 Å². The number of carbonyl (C=O) groups excluding carboxylic acids is 1. The molecular weight excluding hydrogens is 240 g/mol. The van der Waals surface area contributed by atoms with Crippen molar-refractivity contribution in [1.82, 2.24) is 4.98 Å². The molecule has 1 atom stereocenters. The van der Waals surface area contributed by atoms with Crippen molar-refractivity contribution in [1.29, 1.82) is 0 Å². The molecule has 0 aliphatic carbocycles. The first-order valence-corrected chi connectivity index (χ1v) is 6.15. The summed E-state index contributed by atoms with van der Waals surface area (Å²) in [6, 6.07) is 3.29. The van der Waals surface area contributed by atoms with Crippen LogP contribution in [0.4, 0.5) is 5.82 Å². The van der Waals surface area contributed by atoms with Gasteiger partial charge in [-0.15, -0.1) is 0 Å². The van der Waals surface area contributed by atoms with Gasteiger partial charge in [-0.2, -0.15) is 0 Å². The van der Waals surface area contributed by atoms with Crippen molar-refractivity contribution in [3.05, 3.63) is 23.4 Å². The van der Waals surface area contributed by atoms with Gasteiger partial charge in [0.25, 0.3) is 0 Å². The zero-order chi connectivity index (χ0) is 12.1. The van der Waals surface area contributed by atoms with Crippen molar-refractivity contribution in [2.45, 2.75) is 31.8 Å². The summed E-state index contributed by atoms with van der Waals surface area (Å²) < 4.78 is 5.50. The third kappa shape index (κ3) is 3.98. The van der Waals surface area contributed by atoms with Gasteiger partial charge in [-0.25, -0.2) is 4.98 Å². The third-order valence-corrected chi connectivity index (χ3v) is 2.91. The Hall–Kier alpha value is -1.13. The molecule has 0 spiro atoms. The number of carbonyl (C=O) groups is 1. The lowest BCUT2D eigenvalue weighted by atomic mass is 10.1. The fourth-order valence-corrected chi connectivity index (χ4v) is 2.00. The monoisotopic (exact) mass is 254 g/mol. The molecule has 1 aromatic rings. The second-order valence-corrected chi connectivity index (χ2v) is 4.54. The van der Waals surface area contributed by atoms with Crippen LogP contribution in [0.15, 0.2) is 18.3 Å². The molecule has 0 aromatic carbocycles. The average molecular weight is 255 g/mol. The number of pyridine rings is 1. The van der Waals surface area contributed by atoms with Gasteiger partial charge in [0.15, 0.2) is 0 Å². The molecule has 1 aromatic heterocycles. The fraction of sp³-hybridized carbons (Fsp3) is 0.500. The van der Waals surface area contributed by atoms with E-state index >= 15 is 0 Å². The molecule has 17 heavy (non-hydrogen) atoms. The van der Waals surface area contributed by atoms with Crippen LogP contribution in [-0.2, 0) is 9.53 Å². The Morgan fingerprint density at radius 3 is 3.18 bits per heavy atom. The number of aromatic nitrogens is 1. The smallest absolute Gasteiger partial charge is 0.228 e. The largest absolute Gasteiger partial charge is 0.378 e. The Morgan fingerprint density at radius 1 is 1.59 bits per heavy atom. The van der Waals surface area contributed by atoms with Gasteiger partial charge in [-0.3, -0.25) is 4.79 Å². The summed E-state index contributed by atoms with van der Waals surface area (Å²) in [5, 5.41) is 3.28. The van der Waals surface area contributed by atoms with Gasteiger partial charge in [-0.1, -0.05) is 11.6 Å². The van der Waals surface area contributed by atoms with Crippen LogP contribution >= 0.6 is 11.6 Å². The normalized spacial score (nSPS) is 19.9. The van der Waals surface area contributed by atoms with Gasteiger partial charge in [0.1, 0.15) is 5.82 Å². The summed E-state index contributed by atoms with van der Waals surface area (Å²) in [5.74, 6) is 0.407. The minimum absolute atomic E-state index is 0.0444. The van der Waals surface area contributed by atoms with Crippen molar-refractivity contribution in [2.24, 2.45) is 0 Å². The van der Waals surface area contributed by atoms with Gasteiger partial charge >= 0.3 is 0 Å². The highest BCUT2D eigenvalue weighted by molar-refractivity contribution is 6.30. The summed E-state index contributed by atoms with van der Waals surface area (Å²) >= 11 is 5.80. The van der Waals surface area contributed by atoms with Gasteiger partial charge in [0.05, 0.1) is 12.5 Å². The van der Waals surface area contributed by atoms with E-state index in [-0.39, 0.29) is 12.0 Å². The molecule has 1 aliphatic heterocycles. The van der Waals surface area contributed by atoms with Crippen LogP contribution in [0.5, 0.6) is 0 Å². The van der Waals surface area contributed by atoms with Crippen LogP contribution in [0.3, 0.4) is 0 Å². The van der Waals surface area contributed by atoms with Crippen molar-refractivity contribution >= 4 is 23.3 Å². The molecule has 4 nitrogen and oxygen atoms in total. The van der Waals surface area contributed by atoms with Crippen molar-refractivity contribution in [3.8, 4) is 0 Å². The number of rotatable bonds is 3. The highest BCUT2D eigenvalue weighted by Crippen LogP contribution is 2.17. The molecule has 0 bridgehead atoms. The number of ether oxygens (including phenoxy) is 1. The number of amides is 1. The van der Waals surface area contributed by atoms with E-state index in [2.05, 4.69) is 10.3 Å². The lowest BCUT2D eigenvalue weighted by molar-refractivity contribution is -0.119. The molecule has 1 saturated heterocycles. The number of hydrogen-bond acceptors (Lipinski definition) is 3. The van der Waals surface area contributed by atoms with Crippen LogP contribution in [0.1, 0.15) is 25.7 Å². The maximum atomic E-state index is 11.7. The van der Waals surface area contributed by atoms with Crippen LogP contribution in [0.25, 0.3) is 0 Å². The van der Waals surface area contributed by atoms with E-state index in [0.29, 0.717) is 17.3 Å². The molecule has 2 heterocycles. The van der Waals surface area contributed by atoms with Gasteiger partial charge in [-0.05, 0) is 31.4 Å². The average Bonchev–Trinajstić information content (AvgIpc) is 2.30. The molecule has 0 radical (unpaired) electrons. The van der Waals surface area contributed by atoms with Crippen LogP contribution in [0, 0.1) is 0 Å². The third-order valence-electron chi connectivity index (χ3n) is 2.68. The number of halogens is 1. The van der Waals surface area contributed by atoms with E-state index in [4.69, 9.17) is 16.3 Å². The summed E-state index contributed by atoms with van der Waals surface area (Å²) in [4.78, 5) is 15.7. The second kappa shape index (κ2) is 5.98. The molecule has 0 saturated carbocycles. The highest BCUT2D eigenvalue weighted by atomic mass is 35.5. The molecule has 92 valence electrons. The number of anilines is 1. The predicted octanol–water partition coefficient (Wildman–Crippen LogP) is 2.63. The first-order chi connectivity index (χ1) is 8.24. The molecule has 5 heteroatoms. The van der Waals surface area contributed by atoms with Crippen LogP contribution < -0.4 is 5.32 Å². The Kier molecular flexibility index (Phi) is 4.34. The highest BCUT2D eigenvalue weighted by Gasteiger charge is 2.17. The molecule has 1 aliphatic rings. The summed E-state index contributed by atoms with van der Waals surface area (Å²) in [5.41, 5.74) is 0. The van der Waals surface area contributed by atoms with E-state index in [1.165, 1.54) is 0 Å². The lowest BCUT2D eigenvalue weighted by Crippen LogP contribution is -2.25. The number of nitrogens with zero attached hydrogens (tertiary/aromatic N) is 1. The number of nitrogens with one attached hydrogen (secondary N) is 1. The molecule has 1 amide bonds. The minimum atomic E-state index is -0.0772. The van der Waals surface area contributed by atoms with E-state index in [1.54, 1.807) is 18.3 Å². The number of hydrogen-bond donors (Lipinski definition) is 1. The van der Waals surface area contributed by atoms with Crippen molar-refractivity contribution in [2.75, 3.05) is 11.9 Å². The molecule has 2 rings (SSSR count). The summed E-state index contributed by atoms with van der Waals surface area (Å²) in [7, 11) is 0. The Labute approximate surface area is 105 Å². The lowest BCUT2D eigenvalue weighted by Gasteiger charge is -2.21. The van der Waals surface area contributed by atoms with Crippen LogP contribution in [-0.4, -0.2) is 23.6 Å². The minimum Gasteiger partial charge on any atom is -0.378 e. The zero-order valence-corrected chi connectivity index (χ0v) is 10.2. The molecule has 1 N–H and O–H groups in total. The molecule has 1 fully saturated rings. The van der Waals surface area contributed by atoms with E-state index in [9.17, 15) is 4.79 Å². The Bertz CT molecular complexity index is 392. The zero-order valence-electron chi connectivity index (χ0n) is 9.49. The fourth-order valence-electron chi connectivity index (χ4n) is 1.84. The Balaban J connectivity index is 1.84. The quantitative estimate of drug-likeness (QED) is 0.902. The van der Waals surface area contributed by atoms with Crippen molar-refractivity contribution < 1.29 is 9.53 Å². The summed E-state index contributed by atoms with van der Waals surface area (Å²) in [6.45, 7) is 0.757. The first-order valence-electron chi connectivity index (χ1n) is 5.77. The standard InChI is InChI=1S/C12H15ClN2O2/c13-9-4-5-14-11(7-9)15-12(16)8-10-3-1-2-6-17-10/h4-5,7,10H,1-3,6,8H2,(H,14,15,16). The van der Waals surface area contributed by atoms with E-state index in [1.807, 2.05) is 0 Å².